The van der Waals surface area contributed by atoms with E-state index in [-0.39, 0.29) is 12.2 Å². The lowest BCUT2D eigenvalue weighted by atomic mass is 9.99. The summed E-state index contributed by atoms with van der Waals surface area (Å²) in [5, 5.41) is 15.2. The zero-order chi connectivity index (χ0) is 17.7. The molecule has 1 unspecified atom stereocenters. The monoisotopic (exact) mass is 353 g/mol. The van der Waals surface area contributed by atoms with Gasteiger partial charge >= 0.3 is 0 Å². The molecular formula is C18H21F2NO2S. The number of rotatable bonds is 3. The standard InChI is InChI=1S/C10H13NO2S.C8H8F2/c1-7-3-4-14-9(7)8-5-10(2,6-12)13-11-8;1-2-6-7(9)4-3-5-8(6)10/h3-4,12H,5-6H2,1-2H3;3-5H,2H2,1H3. The largest absolute Gasteiger partial charge is 0.392 e. The molecule has 2 aromatic rings. The van der Waals surface area contributed by atoms with Gasteiger partial charge in [-0.25, -0.2) is 8.78 Å². The lowest BCUT2D eigenvalue weighted by molar-refractivity contribution is -0.0428. The van der Waals surface area contributed by atoms with Crippen molar-refractivity contribution in [2.75, 3.05) is 6.61 Å². The molecule has 1 aromatic heterocycles. The van der Waals surface area contributed by atoms with Gasteiger partial charge in [0, 0.05) is 12.0 Å². The van der Waals surface area contributed by atoms with Crippen LogP contribution in [0.3, 0.4) is 0 Å². The molecule has 1 atom stereocenters. The van der Waals surface area contributed by atoms with E-state index in [0.717, 1.165) is 5.71 Å². The second kappa shape index (κ2) is 7.85. The molecule has 0 radical (unpaired) electrons. The summed E-state index contributed by atoms with van der Waals surface area (Å²) in [6.07, 6.45) is 1.09. The van der Waals surface area contributed by atoms with Gasteiger partial charge in [0.05, 0.1) is 11.5 Å². The summed E-state index contributed by atoms with van der Waals surface area (Å²) in [4.78, 5) is 6.39. The number of aryl methyl sites for hydroxylation is 1. The van der Waals surface area contributed by atoms with Crippen LogP contribution in [0.1, 0.15) is 36.3 Å². The van der Waals surface area contributed by atoms with E-state index in [2.05, 4.69) is 18.1 Å². The number of benzene rings is 1. The number of halogens is 2. The molecule has 1 aliphatic rings. The van der Waals surface area contributed by atoms with Gasteiger partial charge in [-0.2, -0.15) is 0 Å². The molecule has 6 heteroatoms. The van der Waals surface area contributed by atoms with Crippen LogP contribution in [0, 0.1) is 18.6 Å². The number of aliphatic hydroxyl groups excluding tert-OH is 1. The summed E-state index contributed by atoms with van der Waals surface area (Å²) in [7, 11) is 0. The van der Waals surface area contributed by atoms with Crippen molar-refractivity contribution < 1.29 is 18.7 Å². The minimum atomic E-state index is -0.522. The fraction of sp³-hybridized carbons (Fsp3) is 0.389. The number of hydrogen-bond acceptors (Lipinski definition) is 4. The molecule has 0 amide bonds. The highest BCUT2D eigenvalue weighted by Gasteiger charge is 2.34. The van der Waals surface area contributed by atoms with Gasteiger partial charge in [-0.3, -0.25) is 0 Å². The van der Waals surface area contributed by atoms with Crippen LogP contribution in [-0.2, 0) is 11.3 Å². The summed E-state index contributed by atoms with van der Waals surface area (Å²) in [5.74, 6) is -0.912. The van der Waals surface area contributed by atoms with E-state index in [4.69, 9.17) is 9.94 Å². The Labute approximate surface area is 144 Å². The van der Waals surface area contributed by atoms with E-state index in [9.17, 15) is 8.78 Å². The molecule has 3 nitrogen and oxygen atoms in total. The summed E-state index contributed by atoms with van der Waals surface area (Å²) in [5.41, 5.74) is 1.82. The van der Waals surface area contributed by atoms with Gasteiger partial charge in [0.1, 0.15) is 17.3 Å². The molecule has 1 N–H and O–H groups in total. The van der Waals surface area contributed by atoms with Crippen molar-refractivity contribution in [1.29, 1.82) is 0 Å². The van der Waals surface area contributed by atoms with E-state index in [0.29, 0.717) is 12.8 Å². The van der Waals surface area contributed by atoms with E-state index >= 15 is 0 Å². The fourth-order valence-electron chi connectivity index (χ4n) is 2.33. The fourth-order valence-corrected chi connectivity index (χ4v) is 3.24. The number of aliphatic hydroxyl groups is 1. The van der Waals surface area contributed by atoms with Gasteiger partial charge in [0.15, 0.2) is 5.60 Å². The molecule has 0 fully saturated rings. The molecule has 0 bridgehead atoms. The number of oxime groups is 1. The van der Waals surface area contributed by atoms with Crippen LogP contribution in [0.5, 0.6) is 0 Å². The predicted octanol–water partition coefficient (Wildman–Crippen LogP) is 4.46. The average Bonchev–Trinajstić information content (AvgIpc) is 3.15. The minimum absolute atomic E-state index is 0.00439. The molecule has 2 heterocycles. The molecule has 1 aliphatic heterocycles. The van der Waals surface area contributed by atoms with Gasteiger partial charge in [0.2, 0.25) is 0 Å². The Kier molecular flexibility index (Phi) is 6.07. The average molecular weight is 353 g/mol. The highest BCUT2D eigenvalue weighted by Crippen LogP contribution is 2.29. The normalized spacial score (nSPS) is 19.3. The van der Waals surface area contributed by atoms with Crippen LogP contribution in [0.4, 0.5) is 8.78 Å². The van der Waals surface area contributed by atoms with Crippen LogP contribution >= 0.6 is 11.3 Å². The molecule has 0 spiro atoms. The lowest BCUT2D eigenvalue weighted by Crippen LogP contribution is -2.29. The highest BCUT2D eigenvalue weighted by atomic mass is 32.1. The van der Waals surface area contributed by atoms with Crippen molar-refractivity contribution in [1.82, 2.24) is 0 Å². The Morgan fingerprint density at radius 3 is 2.38 bits per heavy atom. The first-order valence-electron chi connectivity index (χ1n) is 7.73. The number of thiophene rings is 1. The van der Waals surface area contributed by atoms with Crippen LogP contribution < -0.4 is 0 Å². The van der Waals surface area contributed by atoms with E-state index in [1.165, 1.54) is 28.6 Å². The molecular weight excluding hydrogens is 332 g/mol. The van der Waals surface area contributed by atoms with Crippen molar-refractivity contribution >= 4 is 17.0 Å². The van der Waals surface area contributed by atoms with Gasteiger partial charge in [-0.15, -0.1) is 11.3 Å². The third kappa shape index (κ3) is 4.19. The molecule has 3 rings (SSSR count). The molecule has 130 valence electrons. The molecule has 0 aliphatic carbocycles. The van der Waals surface area contributed by atoms with Crippen LogP contribution in [0.2, 0.25) is 0 Å². The molecule has 1 aromatic carbocycles. The first-order valence-corrected chi connectivity index (χ1v) is 8.61. The Balaban J connectivity index is 0.000000185. The second-order valence-corrected chi connectivity index (χ2v) is 6.82. The van der Waals surface area contributed by atoms with Crippen molar-refractivity contribution in [2.24, 2.45) is 5.16 Å². The SMILES string of the molecule is CCc1c(F)cccc1F.Cc1ccsc1C1=NOC(C)(CO)C1. The van der Waals surface area contributed by atoms with Crippen molar-refractivity contribution in [3.63, 3.8) is 0 Å². The summed E-state index contributed by atoms with van der Waals surface area (Å²) < 4.78 is 25.2. The Morgan fingerprint density at radius 1 is 1.29 bits per heavy atom. The summed E-state index contributed by atoms with van der Waals surface area (Å²) in [6.45, 7) is 5.65. The lowest BCUT2D eigenvalue weighted by Gasteiger charge is -2.17. The maximum atomic E-state index is 12.6. The van der Waals surface area contributed by atoms with Gasteiger partial charge in [-0.05, 0) is 49.4 Å². The van der Waals surface area contributed by atoms with Gasteiger partial charge in [-0.1, -0.05) is 18.1 Å². The minimum Gasteiger partial charge on any atom is -0.392 e. The second-order valence-electron chi connectivity index (χ2n) is 5.90. The van der Waals surface area contributed by atoms with Crippen LogP contribution in [0.25, 0.3) is 0 Å². The van der Waals surface area contributed by atoms with E-state index in [1.807, 2.05) is 12.3 Å². The molecule has 0 saturated heterocycles. The van der Waals surface area contributed by atoms with Crippen molar-refractivity contribution in [3.8, 4) is 0 Å². The first kappa shape index (κ1) is 18.5. The Bertz CT molecular complexity index is 709. The Hall–Kier alpha value is -1.79. The number of nitrogens with zero attached hydrogens (tertiary/aromatic N) is 1. The predicted molar refractivity (Wildman–Crippen MR) is 92.5 cm³/mol. The van der Waals surface area contributed by atoms with Crippen molar-refractivity contribution in [2.45, 2.75) is 39.2 Å². The summed E-state index contributed by atoms with van der Waals surface area (Å²) >= 11 is 1.67. The summed E-state index contributed by atoms with van der Waals surface area (Å²) in [6, 6.07) is 5.96. The third-order valence-corrected chi connectivity index (χ3v) is 4.86. The zero-order valence-corrected chi connectivity index (χ0v) is 14.8. The zero-order valence-electron chi connectivity index (χ0n) is 14.0. The van der Waals surface area contributed by atoms with Crippen LogP contribution in [0.15, 0.2) is 34.8 Å². The topological polar surface area (TPSA) is 41.8 Å². The van der Waals surface area contributed by atoms with Crippen LogP contribution in [-0.4, -0.2) is 23.0 Å². The van der Waals surface area contributed by atoms with E-state index < -0.39 is 17.2 Å². The smallest absolute Gasteiger partial charge is 0.163 e. The molecule has 24 heavy (non-hydrogen) atoms. The molecule has 0 saturated carbocycles. The Morgan fingerprint density at radius 2 is 1.96 bits per heavy atom. The maximum absolute atomic E-state index is 12.6. The maximum Gasteiger partial charge on any atom is 0.163 e. The van der Waals surface area contributed by atoms with Crippen molar-refractivity contribution in [3.05, 3.63) is 57.3 Å². The van der Waals surface area contributed by atoms with Gasteiger partial charge in [0.25, 0.3) is 0 Å². The highest BCUT2D eigenvalue weighted by molar-refractivity contribution is 7.12. The third-order valence-electron chi connectivity index (χ3n) is 3.79. The van der Waals surface area contributed by atoms with E-state index in [1.54, 1.807) is 18.3 Å². The number of hydrogen-bond donors (Lipinski definition) is 1. The van der Waals surface area contributed by atoms with Gasteiger partial charge < -0.3 is 9.94 Å². The first-order chi connectivity index (χ1) is 11.4. The quantitative estimate of drug-likeness (QED) is 0.885.